The highest BCUT2D eigenvalue weighted by atomic mass is 16.6. The lowest BCUT2D eigenvalue weighted by molar-refractivity contribution is 0.0509. The maximum atomic E-state index is 11.2. The van der Waals surface area contributed by atoms with E-state index in [4.69, 9.17) is 4.74 Å². The average Bonchev–Trinajstić information content (AvgIpc) is 1.81. The number of carbonyl (C=O) groups is 1. The van der Waals surface area contributed by atoms with Crippen LogP contribution in [0.5, 0.6) is 0 Å². The number of rotatable bonds is 3. The minimum absolute atomic E-state index is 0.0832. The zero-order valence-corrected chi connectivity index (χ0v) is 9.10. The van der Waals surface area contributed by atoms with E-state index in [1.54, 1.807) is 0 Å². The summed E-state index contributed by atoms with van der Waals surface area (Å²) in [6.07, 6.45) is -0.366. The van der Waals surface area contributed by atoms with E-state index in [1.165, 1.54) is 0 Å². The van der Waals surface area contributed by atoms with Gasteiger partial charge in [0.15, 0.2) is 0 Å². The van der Waals surface area contributed by atoms with E-state index in [9.17, 15) is 4.79 Å². The van der Waals surface area contributed by atoms with Crippen molar-refractivity contribution >= 4 is 6.09 Å². The van der Waals surface area contributed by atoms with Crippen molar-refractivity contribution in [2.45, 2.75) is 39.3 Å². The molecule has 0 spiro atoms. The molecule has 0 bridgehead atoms. The van der Waals surface area contributed by atoms with E-state index in [0.29, 0.717) is 0 Å². The first-order chi connectivity index (χ1) is 5.85. The van der Waals surface area contributed by atoms with Gasteiger partial charge in [-0.15, -0.1) is 0 Å². The van der Waals surface area contributed by atoms with Gasteiger partial charge in [0.2, 0.25) is 0 Å². The highest BCUT2D eigenvalue weighted by Crippen LogP contribution is 2.06. The Bertz CT molecular complexity index is 163. The highest BCUT2D eigenvalue weighted by Gasteiger charge is 2.16. The van der Waals surface area contributed by atoms with Crippen LogP contribution in [-0.2, 0) is 4.74 Å². The number of nitrogens with one attached hydrogen (secondary N) is 2. The van der Waals surface area contributed by atoms with Crippen molar-refractivity contribution in [3.8, 4) is 0 Å². The van der Waals surface area contributed by atoms with Crippen LogP contribution in [0.3, 0.4) is 0 Å². The summed E-state index contributed by atoms with van der Waals surface area (Å²) in [4.78, 5) is 11.2. The van der Waals surface area contributed by atoms with Crippen LogP contribution in [0, 0.1) is 0 Å². The molecule has 0 radical (unpaired) electrons. The van der Waals surface area contributed by atoms with Gasteiger partial charge in [0.1, 0.15) is 5.60 Å². The van der Waals surface area contributed by atoms with Crippen LogP contribution >= 0.6 is 0 Å². The van der Waals surface area contributed by atoms with Gasteiger partial charge >= 0.3 is 6.09 Å². The Balaban J connectivity index is 3.74. The van der Waals surface area contributed by atoms with Crippen LogP contribution in [0.4, 0.5) is 4.79 Å². The van der Waals surface area contributed by atoms with Gasteiger partial charge in [0.25, 0.3) is 0 Å². The van der Waals surface area contributed by atoms with Crippen LogP contribution < -0.4 is 10.6 Å². The summed E-state index contributed by atoms with van der Waals surface area (Å²) >= 11 is 0. The van der Waals surface area contributed by atoms with Crippen molar-refractivity contribution in [3.63, 3.8) is 0 Å². The van der Waals surface area contributed by atoms with Gasteiger partial charge in [-0.05, 0) is 34.7 Å². The number of ether oxygens (including phenoxy) is 1. The smallest absolute Gasteiger partial charge is 0.407 e. The second kappa shape index (κ2) is 5.07. The summed E-state index contributed by atoms with van der Waals surface area (Å²) < 4.78 is 5.08. The highest BCUT2D eigenvalue weighted by molar-refractivity contribution is 5.68. The van der Waals surface area contributed by atoms with Gasteiger partial charge in [0.05, 0.1) is 0 Å². The lowest BCUT2D eigenvalue weighted by atomic mass is 10.2. The molecule has 0 aliphatic rings. The van der Waals surface area contributed by atoms with Crippen molar-refractivity contribution in [2.24, 2.45) is 0 Å². The molecule has 0 aliphatic carbocycles. The van der Waals surface area contributed by atoms with Crippen LogP contribution in [-0.4, -0.2) is 31.3 Å². The summed E-state index contributed by atoms with van der Waals surface area (Å²) in [6.45, 7) is 8.18. The molecule has 0 saturated heterocycles. The Hall–Kier alpha value is -0.770. The third-order valence-electron chi connectivity index (χ3n) is 1.27. The number of amides is 1. The molecule has 1 amide bonds. The molecular formula is C9H20N2O2. The Morgan fingerprint density at radius 3 is 2.38 bits per heavy atom. The summed E-state index contributed by atoms with van der Waals surface area (Å²) in [5.74, 6) is 0. The number of likely N-dealkylation sites (N-methyl/N-ethyl adjacent to an activating group) is 1. The quantitative estimate of drug-likeness (QED) is 0.697. The topological polar surface area (TPSA) is 50.4 Å². The normalized spacial score (nSPS) is 13.6. The third kappa shape index (κ3) is 7.59. The van der Waals surface area contributed by atoms with Gasteiger partial charge in [-0.1, -0.05) is 0 Å². The maximum Gasteiger partial charge on any atom is 0.407 e. The third-order valence-corrected chi connectivity index (χ3v) is 1.27. The van der Waals surface area contributed by atoms with E-state index in [0.717, 1.165) is 6.54 Å². The molecular weight excluding hydrogens is 168 g/mol. The molecule has 0 heterocycles. The molecule has 0 aliphatic heterocycles. The van der Waals surface area contributed by atoms with Crippen LogP contribution in [0.15, 0.2) is 0 Å². The van der Waals surface area contributed by atoms with Gasteiger partial charge in [-0.2, -0.15) is 0 Å². The molecule has 0 aromatic rings. The van der Waals surface area contributed by atoms with Gasteiger partial charge < -0.3 is 15.4 Å². The van der Waals surface area contributed by atoms with Crippen molar-refractivity contribution in [1.82, 2.24) is 10.6 Å². The minimum Gasteiger partial charge on any atom is -0.444 e. The fraction of sp³-hybridized carbons (Fsp3) is 0.889. The molecule has 2 N–H and O–H groups in total. The Morgan fingerprint density at radius 1 is 1.46 bits per heavy atom. The van der Waals surface area contributed by atoms with Crippen LogP contribution in [0.1, 0.15) is 27.7 Å². The number of alkyl carbamates (subject to hydrolysis) is 1. The van der Waals surface area contributed by atoms with E-state index >= 15 is 0 Å². The van der Waals surface area contributed by atoms with Crippen molar-refractivity contribution in [1.29, 1.82) is 0 Å². The standard InChI is InChI=1S/C9H20N2O2/c1-7(6-10-5)11-8(12)13-9(2,3)4/h7,10H,6H2,1-5H3,(H,11,12)/t7-/m1/s1. The summed E-state index contributed by atoms with van der Waals surface area (Å²) in [5.41, 5.74) is -0.427. The zero-order valence-electron chi connectivity index (χ0n) is 9.10. The van der Waals surface area contributed by atoms with E-state index in [-0.39, 0.29) is 12.1 Å². The molecule has 0 rings (SSSR count). The first kappa shape index (κ1) is 12.2. The van der Waals surface area contributed by atoms with Crippen molar-refractivity contribution < 1.29 is 9.53 Å². The Labute approximate surface area is 80.0 Å². The first-order valence-corrected chi connectivity index (χ1v) is 4.49. The largest absolute Gasteiger partial charge is 0.444 e. The van der Waals surface area contributed by atoms with Crippen LogP contribution in [0.2, 0.25) is 0 Å². The molecule has 1 atom stereocenters. The average molecular weight is 188 g/mol. The molecule has 0 aromatic heterocycles. The van der Waals surface area contributed by atoms with Gasteiger partial charge in [-0.3, -0.25) is 0 Å². The monoisotopic (exact) mass is 188 g/mol. The molecule has 0 unspecified atom stereocenters. The Morgan fingerprint density at radius 2 is 2.00 bits per heavy atom. The lowest BCUT2D eigenvalue weighted by Crippen LogP contribution is -2.41. The van der Waals surface area contributed by atoms with E-state index in [1.807, 2.05) is 34.7 Å². The van der Waals surface area contributed by atoms with Crippen molar-refractivity contribution in [2.75, 3.05) is 13.6 Å². The van der Waals surface area contributed by atoms with E-state index in [2.05, 4.69) is 10.6 Å². The fourth-order valence-electron chi connectivity index (χ4n) is 0.866. The minimum atomic E-state index is -0.427. The molecule has 13 heavy (non-hydrogen) atoms. The number of hydrogen-bond acceptors (Lipinski definition) is 3. The predicted molar refractivity (Wildman–Crippen MR) is 52.8 cm³/mol. The maximum absolute atomic E-state index is 11.2. The van der Waals surface area contributed by atoms with E-state index < -0.39 is 5.60 Å². The first-order valence-electron chi connectivity index (χ1n) is 4.49. The van der Waals surface area contributed by atoms with Crippen LogP contribution in [0.25, 0.3) is 0 Å². The zero-order chi connectivity index (χ0) is 10.5. The summed E-state index contributed by atoms with van der Waals surface area (Å²) in [7, 11) is 1.84. The second-order valence-electron chi connectivity index (χ2n) is 4.10. The Kier molecular flexibility index (Phi) is 4.77. The molecule has 4 heteroatoms. The molecule has 0 aromatic carbocycles. The number of carbonyl (C=O) groups excluding carboxylic acids is 1. The van der Waals surface area contributed by atoms with Gasteiger partial charge in [0, 0.05) is 12.6 Å². The molecule has 4 nitrogen and oxygen atoms in total. The second-order valence-corrected chi connectivity index (χ2v) is 4.10. The molecule has 78 valence electrons. The molecule has 0 fully saturated rings. The fourth-order valence-corrected chi connectivity index (χ4v) is 0.866. The lowest BCUT2D eigenvalue weighted by Gasteiger charge is -2.21. The van der Waals surface area contributed by atoms with Crippen molar-refractivity contribution in [3.05, 3.63) is 0 Å². The molecule has 0 saturated carbocycles. The summed E-state index contributed by atoms with van der Waals surface area (Å²) in [6, 6.07) is 0.0832. The SMILES string of the molecule is CNC[C@@H](C)NC(=O)OC(C)(C)C. The summed E-state index contributed by atoms with van der Waals surface area (Å²) in [5, 5.41) is 5.68. The predicted octanol–water partition coefficient (Wildman–Crippen LogP) is 1.12. The van der Waals surface area contributed by atoms with Gasteiger partial charge in [-0.25, -0.2) is 4.79 Å². The number of hydrogen-bond donors (Lipinski definition) is 2.